The zero-order valence-electron chi connectivity index (χ0n) is 10.00. The predicted molar refractivity (Wildman–Crippen MR) is 68.3 cm³/mol. The molecule has 0 aliphatic rings. The van der Waals surface area contributed by atoms with Gasteiger partial charge in [-0.05, 0) is 48.9 Å². The van der Waals surface area contributed by atoms with Crippen molar-refractivity contribution in [1.82, 2.24) is 0 Å². The molecule has 1 N–H and O–H groups in total. The first-order valence-corrected chi connectivity index (χ1v) is 5.65. The largest absolute Gasteiger partial charge is 0.457 e. The zero-order valence-corrected chi connectivity index (χ0v) is 10.00. The van der Waals surface area contributed by atoms with Crippen LogP contribution in [-0.2, 0) is 0 Å². The minimum absolute atomic E-state index is 0.478. The van der Waals surface area contributed by atoms with Crippen molar-refractivity contribution >= 4 is 0 Å². The van der Waals surface area contributed by atoms with Crippen molar-refractivity contribution in [2.45, 2.75) is 13.0 Å². The summed E-state index contributed by atoms with van der Waals surface area (Å²) in [6.45, 7) is 1.72. The average Bonchev–Trinajstić information content (AvgIpc) is 2.40. The van der Waals surface area contributed by atoms with Crippen molar-refractivity contribution in [2.24, 2.45) is 0 Å². The zero-order chi connectivity index (χ0) is 13.0. The average molecular weight is 239 g/mol. The molecular formula is C15H13NO2. The minimum Gasteiger partial charge on any atom is -0.457 e. The summed E-state index contributed by atoms with van der Waals surface area (Å²) in [5.74, 6) is 1.38. The third-order valence-electron chi connectivity index (χ3n) is 2.58. The molecule has 0 heterocycles. The highest BCUT2D eigenvalue weighted by Crippen LogP contribution is 2.23. The molecule has 0 unspecified atom stereocenters. The van der Waals surface area contributed by atoms with Crippen LogP contribution in [0.4, 0.5) is 0 Å². The number of nitrogens with zero attached hydrogens (tertiary/aromatic N) is 1. The van der Waals surface area contributed by atoms with Crippen LogP contribution in [0.25, 0.3) is 0 Å². The van der Waals surface area contributed by atoms with Gasteiger partial charge in [0.2, 0.25) is 0 Å². The van der Waals surface area contributed by atoms with Gasteiger partial charge >= 0.3 is 0 Å². The first kappa shape index (κ1) is 12.2. The van der Waals surface area contributed by atoms with Crippen LogP contribution < -0.4 is 4.74 Å². The van der Waals surface area contributed by atoms with Gasteiger partial charge in [-0.15, -0.1) is 0 Å². The maximum absolute atomic E-state index is 9.39. The first-order chi connectivity index (χ1) is 8.69. The van der Waals surface area contributed by atoms with E-state index in [1.807, 2.05) is 12.1 Å². The quantitative estimate of drug-likeness (QED) is 0.893. The molecule has 0 aliphatic carbocycles. The fourth-order valence-corrected chi connectivity index (χ4v) is 1.55. The van der Waals surface area contributed by atoms with Gasteiger partial charge in [0.15, 0.2) is 0 Å². The van der Waals surface area contributed by atoms with Gasteiger partial charge in [0.25, 0.3) is 0 Å². The van der Waals surface area contributed by atoms with Crippen molar-refractivity contribution in [3.63, 3.8) is 0 Å². The van der Waals surface area contributed by atoms with E-state index in [0.717, 1.165) is 5.56 Å². The standard InChI is InChI=1S/C15H13NO2/c1-11(17)13-4-8-15(9-5-13)18-14-6-2-12(10-16)3-7-14/h2-9,11,17H,1H3/t11-/m0/s1. The third-order valence-corrected chi connectivity index (χ3v) is 2.58. The second-order valence-electron chi connectivity index (χ2n) is 3.98. The molecule has 0 fully saturated rings. The molecule has 0 aromatic heterocycles. The molecule has 2 aromatic carbocycles. The lowest BCUT2D eigenvalue weighted by Crippen LogP contribution is -1.90. The highest BCUT2D eigenvalue weighted by atomic mass is 16.5. The minimum atomic E-state index is -0.478. The number of nitriles is 1. The number of aliphatic hydroxyl groups excluding tert-OH is 1. The van der Waals surface area contributed by atoms with E-state index in [2.05, 4.69) is 6.07 Å². The third kappa shape index (κ3) is 2.88. The number of hydrogen-bond acceptors (Lipinski definition) is 3. The number of rotatable bonds is 3. The summed E-state index contributed by atoms with van der Waals surface area (Å²) in [6.07, 6.45) is -0.478. The van der Waals surface area contributed by atoms with Crippen molar-refractivity contribution in [2.75, 3.05) is 0 Å². The number of hydrogen-bond donors (Lipinski definition) is 1. The van der Waals surface area contributed by atoms with Crippen molar-refractivity contribution in [3.8, 4) is 17.6 Å². The van der Waals surface area contributed by atoms with E-state index in [-0.39, 0.29) is 0 Å². The van der Waals surface area contributed by atoms with Crippen LogP contribution in [0.2, 0.25) is 0 Å². The lowest BCUT2D eigenvalue weighted by molar-refractivity contribution is 0.199. The Morgan fingerprint density at radius 3 is 1.94 bits per heavy atom. The van der Waals surface area contributed by atoms with Gasteiger partial charge in [0.1, 0.15) is 11.5 Å². The predicted octanol–water partition coefficient (Wildman–Crippen LogP) is 3.40. The van der Waals surface area contributed by atoms with Gasteiger partial charge in [0, 0.05) is 0 Å². The Balaban J connectivity index is 2.11. The molecular weight excluding hydrogens is 226 g/mol. The van der Waals surface area contributed by atoms with Crippen LogP contribution in [0.5, 0.6) is 11.5 Å². The van der Waals surface area contributed by atoms with Crippen molar-refractivity contribution in [3.05, 3.63) is 59.7 Å². The Morgan fingerprint density at radius 2 is 1.50 bits per heavy atom. The molecule has 90 valence electrons. The maximum Gasteiger partial charge on any atom is 0.127 e. The molecule has 2 aromatic rings. The molecule has 0 aliphatic heterocycles. The van der Waals surface area contributed by atoms with Crippen LogP contribution in [-0.4, -0.2) is 5.11 Å². The normalized spacial score (nSPS) is 11.6. The van der Waals surface area contributed by atoms with Crippen molar-refractivity contribution in [1.29, 1.82) is 5.26 Å². The van der Waals surface area contributed by atoms with Crippen LogP contribution >= 0.6 is 0 Å². The van der Waals surface area contributed by atoms with Gasteiger partial charge in [-0.25, -0.2) is 0 Å². The van der Waals surface area contributed by atoms with Crippen LogP contribution in [0, 0.1) is 11.3 Å². The highest BCUT2D eigenvalue weighted by molar-refractivity contribution is 5.38. The summed E-state index contributed by atoms with van der Waals surface area (Å²) in [6, 6.07) is 16.2. The Hall–Kier alpha value is -2.31. The molecule has 0 amide bonds. The first-order valence-electron chi connectivity index (χ1n) is 5.65. The van der Waals surface area contributed by atoms with E-state index in [0.29, 0.717) is 17.1 Å². The molecule has 0 radical (unpaired) electrons. The number of aliphatic hydroxyl groups is 1. The molecule has 18 heavy (non-hydrogen) atoms. The summed E-state index contributed by atoms with van der Waals surface area (Å²) in [7, 11) is 0. The van der Waals surface area contributed by atoms with Gasteiger partial charge in [-0.3, -0.25) is 0 Å². The fourth-order valence-electron chi connectivity index (χ4n) is 1.55. The monoisotopic (exact) mass is 239 g/mol. The Morgan fingerprint density at radius 1 is 1.00 bits per heavy atom. The second kappa shape index (κ2) is 5.35. The van der Waals surface area contributed by atoms with E-state index in [1.165, 1.54) is 0 Å². The molecule has 0 saturated heterocycles. The molecule has 2 rings (SSSR count). The second-order valence-corrected chi connectivity index (χ2v) is 3.98. The molecule has 0 saturated carbocycles. The van der Waals surface area contributed by atoms with E-state index >= 15 is 0 Å². The highest BCUT2D eigenvalue weighted by Gasteiger charge is 2.01. The maximum atomic E-state index is 9.39. The summed E-state index contributed by atoms with van der Waals surface area (Å²) in [4.78, 5) is 0. The molecule has 0 bridgehead atoms. The lowest BCUT2D eigenvalue weighted by atomic mass is 10.1. The van der Waals surface area contributed by atoms with Gasteiger partial charge in [-0.2, -0.15) is 5.26 Å². The Labute approximate surface area is 106 Å². The molecule has 3 heteroatoms. The SMILES string of the molecule is C[C@H](O)c1ccc(Oc2ccc(C#N)cc2)cc1. The molecule has 3 nitrogen and oxygen atoms in total. The molecule has 1 atom stereocenters. The topological polar surface area (TPSA) is 53.2 Å². The van der Waals surface area contributed by atoms with E-state index in [4.69, 9.17) is 10.00 Å². The fraction of sp³-hybridized carbons (Fsp3) is 0.133. The smallest absolute Gasteiger partial charge is 0.127 e. The van der Waals surface area contributed by atoms with E-state index in [1.54, 1.807) is 43.3 Å². The lowest BCUT2D eigenvalue weighted by Gasteiger charge is -2.08. The van der Waals surface area contributed by atoms with Crippen LogP contribution in [0.15, 0.2) is 48.5 Å². The summed E-state index contributed by atoms with van der Waals surface area (Å²) in [5.41, 5.74) is 1.45. The van der Waals surface area contributed by atoms with E-state index in [9.17, 15) is 5.11 Å². The number of benzene rings is 2. The van der Waals surface area contributed by atoms with Gasteiger partial charge in [-0.1, -0.05) is 12.1 Å². The Bertz CT molecular complexity index is 551. The van der Waals surface area contributed by atoms with Gasteiger partial charge in [0.05, 0.1) is 17.7 Å². The Kier molecular flexibility index (Phi) is 3.61. The summed E-state index contributed by atoms with van der Waals surface area (Å²) < 4.78 is 5.62. The van der Waals surface area contributed by atoms with Crippen LogP contribution in [0.1, 0.15) is 24.2 Å². The van der Waals surface area contributed by atoms with Crippen molar-refractivity contribution < 1.29 is 9.84 Å². The molecule has 0 spiro atoms. The summed E-state index contributed by atoms with van der Waals surface area (Å²) in [5, 5.41) is 18.1. The van der Waals surface area contributed by atoms with Gasteiger partial charge < -0.3 is 9.84 Å². The van der Waals surface area contributed by atoms with E-state index < -0.39 is 6.10 Å². The number of ether oxygens (including phenoxy) is 1. The van der Waals surface area contributed by atoms with Crippen LogP contribution in [0.3, 0.4) is 0 Å². The summed E-state index contributed by atoms with van der Waals surface area (Å²) >= 11 is 0.